The van der Waals surface area contributed by atoms with Gasteiger partial charge in [0.05, 0.1) is 10.7 Å². The molecule has 1 heterocycles. The smallest absolute Gasteiger partial charge is 0.283 e. The predicted octanol–water partition coefficient (Wildman–Crippen LogP) is 6.30. The van der Waals surface area contributed by atoms with Crippen LogP contribution in [0.4, 0.5) is 17.1 Å². The maximum Gasteiger partial charge on any atom is 0.283 e. The number of hydrogen-bond donors (Lipinski definition) is 2. The zero-order valence-corrected chi connectivity index (χ0v) is 20.3. The van der Waals surface area contributed by atoms with E-state index in [9.17, 15) is 14.4 Å². The van der Waals surface area contributed by atoms with Crippen LogP contribution in [0.25, 0.3) is 0 Å². The third-order valence-corrected chi connectivity index (χ3v) is 6.10. The molecule has 172 valence electrons. The van der Waals surface area contributed by atoms with E-state index in [1.807, 2.05) is 32.0 Å². The molecule has 34 heavy (non-hydrogen) atoms. The summed E-state index contributed by atoms with van der Waals surface area (Å²) in [6, 6.07) is 16.7. The number of nitrogens with one attached hydrogen (secondary N) is 2. The summed E-state index contributed by atoms with van der Waals surface area (Å²) in [7, 11) is 0. The molecule has 0 unspecified atom stereocenters. The van der Waals surface area contributed by atoms with E-state index in [1.165, 1.54) is 18.2 Å². The van der Waals surface area contributed by atoms with Crippen molar-refractivity contribution in [2.75, 3.05) is 15.5 Å². The number of hydrogen-bond acceptors (Lipinski definition) is 4. The molecule has 0 atom stereocenters. The van der Waals surface area contributed by atoms with Crippen molar-refractivity contribution in [3.05, 3.63) is 98.1 Å². The number of rotatable bonds is 5. The first-order valence-electron chi connectivity index (χ1n) is 10.1. The topological polar surface area (TPSA) is 78.5 Å². The quantitative estimate of drug-likeness (QED) is 0.392. The van der Waals surface area contributed by atoms with Crippen LogP contribution in [0.5, 0.6) is 0 Å². The lowest BCUT2D eigenvalue weighted by molar-refractivity contribution is -0.120. The third kappa shape index (κ3) is 4.66. The lowest BCUT2D eigenvalue weighted by atomic mass is 10.1. The second kappa shape index (κ2) is 9.50. The van der Waals surface area contributed by atoms with E-state index in [4.69, 9.17) is 34.8 Å². The van der Waals surface area contributed by atoms with Crippen molar-refractivity contribution in [2.45, 2.75) is 13.8 Å². The van der Waals surface area contributed by atoms with Crippen LogP contribution in [0.3, 0.4) is 0 Å². The first kappa shape index (κ1) is 23.8. The molecule has 0 fully saturated rings. The summed E-state index contributed by atoms with van der Waals surface area (Å²) in [5.74, 6) is -1.72. The van der Waals surface area contributed by atoms with Crippen molar-refractivity contribution in [1.82, 2.24) is 0 Å². The Bertz CT molecular complexity index is 1380. The summed E-state index contributed by atoms with van der Waals surface area (Å²) in [4.78, 5) is 39.4. The number of halogens is 3. The lowest BCUT2D eigenvalue weighted by Crippen LogP contribution is -2.32. The number of nitrogens with zero attached hydrogens (tertiary/aromatic N) is 1. The molecule has 0 bridgehead atoms. The lowest BCUT2D eigenvalue weighted by Gasteiger charge is -2.17. The maximum absolute atomic E-state index is 13.0. The average Bonchev–Trinajstić information content (AvgIpc) is 3.00. The molecular formula is C25H18Cl3N3O3. The molecule has 0 aromatic heterocycles. The van der Waals surface area contributed by atoms with Gasteiger partial charge >= 0.3 is 0 Å². The number of anilines is 3. The van der Waals surface area contributed by atoms with Gasteiger partial charge in [-0.2, -0.15) is 0 Å². The zero-order valence-electron chi connectivity index (χ0n) is 18.1. The Labute approximate surface area is 211 Å². The van der Waals surface area contributed by atoms with Crippen LogP contribution < -0.4 is 15.5 Å². The van der Waals surface area contributed by atoms with Gasteiger partial charge in [-0.1, -0.05) is 53.0 Å². The number of imide groups is 1. The summed E-state index contributed by atoms with van der Waals surface area (Å²) in [6.07, 6.45) is 0. The van der Waals surface area contributed by atoms with Crippen molar-refractivity contribution in [2.24, 2.45) is 0 Å². The fraction of sp³-hybridized carbons (Fsp3) is 0.0800. The molecule has 3 aromatic carbocycles. The minimum Gasteiger partial charge on any atom is -0.350 e. The van der Waals surface area contributed by atoms with Crippen LogP contribution in [-0.2, 0) is 9.59 Å². The highest BCUT2D eigenvalue weighted by Crippen LogP contribution is 2.35. The molecule has 3 aromatic rings. The SMILES string of the molecule is Cc1ccc(C)c(NC(=O)c2cccc(NC3=C(Cl)C(=O)N(c4ccc(Cl)cc4Cl)C3=O)c2)c1. The second-order valence-corrected chi connectivity index (χ2v) is 8.93. The van der Waals surface area contributed by atoms with Gasteiger partial charge in [0.1, 0.15) is 10.7 Å². The molecular weight excluding hydrogens is 497 g/mol. The van der Waals surface area contributed by atoms with E-state index in [2.05, 4.69) is 10.6 Å². The number of amides is 3. The summed E-state index contributed by atoms with van der Waals surface area (Å²) >= 11 is 18.3. The van der Waals surface area contributed by atoms with Gasteiger partial charge in [0.15, 0.2) is 0 Å². The Balaban J connectivity index is 1.56. The van der Waals surface area contributed by atoms with Gasteiger partial charge in [-0.25, -0.2) is 4.90 Å². The van der Waals surface area contributed by atoms with Crippen LogP contribution in [0, 0.1) is 13.8 Å². The van der Waals surface area contributed by atoms with Crippen LogP contribution in [0.1, 0.15) is 21.5 Å². The van der Waals surface area contributed by atoms with Crippen molar-refractivity contribution < 1.29 is 14.4 Å². The van der Waals surface area contributed by atoms with Gasteiger partial charge in [-0.3, -0.25) is 14.4 Å². The largest absolute Gasteiger partial charge is 0.350 e. The second-order valence-electron chi connectivity index (χ2n) is 7.71. The first-order valence-corrected chi connectivity index (χ1v) is 11.3. The highest BCUT2D eigenvalue weighted by molar-refractivity contribution is 6.54. The van der Waals surface area contributed by atoms with Gasteiger partial charge in [0.25, 0.3) is 17.7 Å². The first-order chi connectivity index (χ1) is 16.2. The monoisotopic (exact) mass is 513 g/mol. The Kier molecular flexibility index (Phi) is 6.66. The normalized spacial score (nSPS) is 13.5. The van der Waals surface area contributed by atoms with E-state index < -0.39 is 11.8 Å². The van der Waals surface area contributed by atoms with Crippen molar-refractivity contribution in [3.63, 3.8) is 0 Å². The molecule has 0 spiro atoms. The molecule has 1 aliphatic heterocycles. The molecule has 2 N–H and O–H groups in total. The Morgan fingerprint density at radius 3 is 2.38 bits per heavy atom. The van der Waals surface area contributed by atoms with E-state index in [-0.39, 0.29) is 27.3 Å². The van der Waals surface area contributed by atoms with E-state index in [1.54, 1.807) is 24.3 Å². The predicted molar refractivity (Wildman–Crippen MR) is 136 cm³/mol. The highest BCUT2D eigenvalue weighted by atomic mass is 35.5. The summed E-state index contributed by atoms with van der Waals surface area (Å²) in [5, 5.41) is 5.96. The number of carbonyl (C=O) groups is 3. The molecule has 0 radical (unpaired) electrons. The average molecular weight is 515 g/mol. The molecule has 0 saturated heterocycles. The van der Waals surface area contributed by atoms with Gasteiger partial charge < -0.3 is 10.6 Å². The van der Waals surface area contributed by atoms with Crippen molar-refractivity contribution >= 4 is 69.6 Å². The summed E-state index contributed by atoms with van der Waals surface area (Å²) in [6.45, 7) is 3.85. The van der Waals surface area contributed by atoms with Gasteiger partial charge in [0.2, 0.25) is 0 Å². The van der Waals surface area contributed by atoms with E-state index >= 15 is 0 Å². The maximum atomic E-state index is 13.0. The Hall–Kier alpha value is -3.32. The fourth-order valence-corrected chi connectivity index (χ4v) is 4.15. The summed E-state index contributed by atoms with van der Waals surface area (Å²) < 4.78 is 0. The van der Waals surface area contributed by atoms with Gasteiger partial charge in [-0.15, -0.1) is 0 Å². The molecule has 4 rings (SSSR count). The van der Waals surface area contributed by atoms with Gasteiger partial charge in [0, 0.05) is 22.0 Å². The Morgan fingerprint density at radius 2 is 1.65 bits per heavy atom. The fourth-order valence-electron chi connectivity index (χ4n) is 3.44. The molecule has 3 amide bonds. The minimum atomic E-state index is -0.720. The van der Waals surface area contributed by atoms with E-state index in [0.29, 0.717) is 22.0 Å². The number of aryl methyl sites for hydroxylation is 2. The van der Waals surface area contributed by atoms with Gasteiger partial charge in [-0.05, 0) is 67.4 Å². The summed E-state index contributed by atoms with van der Waals surface area (Å²) in [5.41, 5.74) is 3.47. The van der Waals surface area contributed by atoms with Crippen molar-refractivity contribution in [3.8, 4) is 0 Å². The zero-order chi connectivity index (χ0) is 24.6. The van der Waals surface area contributed by atoms with E-state index in [0.717, 1.165) is 16.0 Å². The number of carbonyl (C=O) groups excluding carboxylic acids is 3. The highest BCUT2D eigenvalue weighted by Gasteiger charge is 2.39. The number of benzene rings is 3. The molecule has 6 nitrogen and oxygen atoms in total. The molecule has 9 heteroatoms. The minimum absolute atomic E-state index is 0.121. The molecule has 0 saturated carbocycles. The third-order valence-electron chi connectivity index (χ3n) is 5.21. The van der Waals surface area contributed by atoms with Crippen LogP contribution >= 0.6 is 34.8 Å². The Morgan fingerprint density at radius 1 is 0.882 bits per heavy atom. The van der Waals surface area contributed by atoms with Crippen LogP contribution in [-0.4, -0.2) is 17.7 Å². The van der Waals surface area contributed by atoms with Crippen LogP contribution in [0.15, 0.2) is 71.4 Å². The molecule has 1 aliphatic rings. The van der Waals surface area contributed by atoms with Crippen LogP contribution in [0.2, 0.25) is 10.0 Å². The van der Waals surface area contributed by atoms with Crippen molar-refractivity contribution in [1.29, 1.82) is 0 Å². The standard InChI is InChI=1S/C25H18Cl3N3O3/c1-13-6-7-14(2)19(10-13)30-23(32)15-4-3-5-17(11-15)29-22-21(28)24(33)31(25(22)34)20-9-8-16(26)12-18(20)27/h3-12,29H,1-2H3,(H,30,32). The molecule has 0 aliphatic carbocycles.